The van der Waals surface area contributed by atoms with Crippen molar-refractivity contribution in [2.75, 3.05) is 6.61 Å². The van der Waals surface area contributed by atoms with Gasteiger partial charge in [-0.2, -0.15) is 0 Å². The Morgan fingerprint density at radius 3 is 2.32 bits per heavy atom. The van der Waals surface area contributed by atoms with Crippen molar-refractivity contribution in [1.82, 2.24) is 0 Å². The van der Waals surface area contributed by atoms with E-state index in [1.54, 1.807) is 19.9 Å². The molecule has 2 heterocycles. The Labute approximate surface area is 177 Å². The summed E-state index contributed by atoms with van der Waals surface area (Å²) in [5.41, 5.74) is 0.917. The average molecular weight is 438 g/mol. The minimum absolute atomic E-state index is 0.126. The molecule has 1 fully saturated rings. The Balaban J connectivity index is 1.73. The van der Waals surface area contributed by atoms with E-state index in [2.05, 4.69) is 0 Å². The van der Waals surface area contributed by atoms with E-state index in [1.807, 2.05) is 0 Å². The fraction of sp³-hybridized carbons (Fsp3) is 0.524. The lowest BCUT2D eigenvalue weighted by molar-refractivity contribution is -0.277. The third-order valence-electron chi connectivity index (χ3n) is 5.94. The summed E-state index contributed by atoms with van der Waals surface area (Å²) >= 11 is 0. The van der Waals surface area contributed by atoms with Gasteiger partial charge >= 0.3 is 0 Å². The summed E-state index contributed by atoms with van der Waals surface area (Å²) in [4.78, 5) is 0. The van der Waals surface area contributed by atoms with Crippen molar-refractivity contribution in [3.8, 4) is 17.2 Å². The molecule has 7 N–H and O–H groups in total. The molecular weight excluding hydrogens is 412 g/mol. The second-order valence-electron chi connectivity index (χ2n) is 8.01. The maximum absolute atomic E-state index is 10.8. The molecule has 31 heavy (non-hydrogen) atoms. The van der Waals surface area contributed by atoms with Crippen molar-refractivity contribution in [3.63, 3.8) is 0 Å². The van der Waals surface area contributed by atoms with Gasteiger partial charge in [0.2, 0.25) is 6.29 Å². The highest BCUT2D eigenvalue weighted by molar-refractivity contribution is 5.93. The second kappa shape index (κ2) is 8.06. The summed E-state index contributed by atoms with van der Waals surface area (Å²) in [6, 6.07) is 4.31. The van der Waals surface area contributed by atoms with Crippen LogP contribution >= 0.6 is 0 Å². The molecule has 0 radical (unpaired) electrons. The number of fused-ring (bicyclic) bond motifs is 2. The summed E-state index contributed by atoms with van der Waals surface area (Å²) in [5, 5.41) is 71.8. The molecular formula is C21H26O10. The third-order valence-corrected chi connectivity index (χ3v) is 5.94. The fourth-order valence-corrected chi connectivity index (χ4v) is 4.21. The van der Waals surface area contributed by atoms with Crippen molar-refractivity contribution in [1.29, 1.82) is 0 Å². The van der Waals surface area contributed by atoms with Crippen molar-refractivity contribution in [2.45, 2.75) is 62.9 Å². The van der Waals surface area contributed by atoms with E-state index >= 15 is 0 Å². The predicted molar refractivity (Wildman–Crippen MR) is 106 cm³/mol. The van der Waals surface area contributed by atoms with Crippen LogP contribution < -0.4 is 4.74 Å². The van der Waals surface area contributed by atoms with Gasteiger partial charge in [-0.25, -0.2) is 0 Å². The molecule has 0 unspecified atom stereocenters. The van der Waals surface area contributed by atoms with E-state index in [0.717, 1.165) is 0 Å². The minimum Gasteiger partial charge on any atom is -0.507 e. The molecule has 2 aliphatic rings. The number of phenolic OH excluding ortho intramolecular Hbond substituents is 2. The molecule has 10 heteroatoms. The van der Waals surface area contributed by atoms with Gasteiger partial charge < -0.3 is 50.0 Å². The van der Waals surface area contributed by atoms with E-state index in [-0.39, 0.29) is 17.2 Å². The molecule has 2 aliphatic heterocycles. The maximum Gasteiger partial charge on any atom is 0.229 e. The van der Waals surface area contributed by atoms with Crippen LogP contribution in [0.1, 0.15) is 37.2 Å². The second-order valence-corrected chi connectivity index (χ2v) is 8.01. The molecule has 4 rings (SSSR count). The van der Waals surface area contributed by atoms with Gasteiger partial charge in [0.1, 0.15) is 36.3 Å². The first kappa shape index (κ1) is 22.0. The van der Waals surface area contributed by atoms with Crippen LogP contribution in [0.3, 0.4) is 0 Å². The Kier molecular flexibility index (Phi) is 5.73. The van der Waals surface area contributed by atoms with E-state index < -0.39 is 55.6 Å². The molecule has 2 aromatic rings. The number of hydrogen-bond donors (Lipinski definition) is 7. The van der Waals surface area contributed by atoms with E-state index in [0.29, 0.717) is 21.9 Å². The van der Waals surface area contributed by atoms with Crippen LogP contribution in [-0.2, 0) is 9.47 Å². The number of aromatic hydroxyl groups is 2. The van der Waals surface area contributed by atoms with Crippen LogP contribution in [0.2, 0.25) is 0 Å². The van der Waals surface area contributed by atoms with Gasteiger partial charge in [-0.15, -0.1) is 0 Å². The zero-order chi connectivity index (χ0) is 22.6. The van der Waals surface area contributed by atoms with E-state index in [9.17, 15) is 35.7 Å². The molecule has 0 bridgehead atoms. The van der Waals surface area contributed by atoms with Crippen LogP contribution in [0.4, 0.5) is 0 Å². The van der Waals surface area contributed by atoms with Crippen molar-refractivity contribution in [2.24, 2.45) is 0 Å². The van der Waals surface area contributed by atoms with Crippen LogP contribution in [-0.4, -0.2) is 79.2 Å². The summed E-state index contributed by atoms with van der Waals surface area (Å²) in [5.74, 6) is -0.641. The summed E-state index contributed by atoms with van der Waals surface area (Å²) in [6.07, 6.45) is -9.39. The molecule has 0 saturated carbocycles. The Morgan fingerprint density at radius 2 is 1.65 bits per heavy atom. The number of aliphatic hydroxyl groups excluding tert-OH is 5. The molecule has 0 amide bonds. The van der Waals surface area contributed by atoms with Gasteiger partial charge in [-0.1, -0.05) is 0 Å². The lowest BCUT2D eigenvalue weighted by Crippen LogP contribution is -2.60. The predicted octanol–water partition coefficient (Wildman–Crippen LogP) is -0.0572. The van der Waals surface area contributed by atoms with Gasteiger partial charge in [0.15, 0.2) is 11.5 Å². The zero-order valence-electron chi connectivity index (χ0n) is 16.9. The van der Waals surface area contributed by atoms with Crippen molar-refractivity contribution >= 4 is 10.8 Å². The number of ether oxygens (including phenoxy) is 3. The lowest BCUT2D eigenvalue weighted by atomic mass is 9.89. The highest BCUT2D eigenvalue weighted by Gasteiger charge is 2.45. The Hall–Kier alpha value is -2.18. The quantitative estimate of drug-likeness (QED) is 0.345. The summed E-state index contributed by atoms with van der Waals surface area (Å²) in [6.45, 7) is 2.85. The summed E-state index contributed by atoms with van der Waals surface area (Å²) in [7, 11) is 0. The molecule has 8 atom stereocenters. The number of benzene rings is 2. The first-order chi connectivity index (χ1) is 14.6. The number of hydrogen-bond acceptors (Lipinski definition) is 10. The highest BCUT2D eigenvalue weighted by Crippen LogP contribution is 2.47. The van der Waals surface area contributed by atoms with Crippen LogP contribution in [0.5, 0.6) is 17.2 Å². The monoisotopic (exact) mass is 438 g/mol. The molecule has 170 valence electrons. The maximum atomic E-state index is 10.8. The van der Waals surface area contributed by atoms with Crippen molar-refractivity contribution < 1.29 is 50.0 Å². The van der Waals surface area contributed by atoms with Crippen molar-refractivity contribution in [3.05, 3.63) is 29.3 Å². The van der Waals surface area contributed by atoms with E-state index in [1.165, 1.54) is 12.1 Å². The topological polar surface area (TPSA) is 169 Å². The van der Waals surface area contributed by atoms with Gasteiger partial charge in [-0.05, 0) is 43.0 Å². The number of aliphatic hydroxyl groups is 5. The SMILES string of the molecule is C[C@H]1O[C@H](C)[C@@H](O)c2cc3cc(O[C@@H]4O[C@H](CO)[C@@H](O)[C@H](O)[C@H]4O)c(O)cc3c(O)c21. The van der Waals surface area contributed by atoms with Crippen LogP contribution in [0.25, 0.3) is 10.8 Å². The average Bonchev–Trinajstić information content (AvgIpc) is 2.73. The third kappa shape index (κ3) is 3.60. The van der Waals surface area contributed by atoms with Gasteiger partial charge in [-0.3, -0.25) is 0 Å². The van der Waals surface area contributed by atoms with Gasteiger partial charge in [0.05, 0.1) is 18.8 Å². The smallest absolute Gasteiger partial charge is 0.229 e. The molecule has 0 aliphatic carbocycles. The molecule has 2 aromatic carbocycles. The highest BCUT2D eigenvalue weighted by atomic mass is 16.7. The van der Waals surface area contributed by atoms with Crippen LogP contribution in [0, 0.1) is 0 Å². The zero-order valence-corrected chi connectivity index (χ0v) is 16.9. The standard InChI is InChI=1S/C21H26O10/c1-7-15-11(16(24)8(2)29-7)3-9-4-13(12(23)5-10(9)17(15)25)30-21-20(28)19(27)18(26)14(6-22)31-21/h3-5,7-8,14,16,18-28H,6H2,1-2H3/t7-,8-,14-,16-,18-,19+,20-,21-/m1/s1. The number of rotatable bonds is 3. The Bertz CT molecular complexity index is 977. The van der Waals surface area contributed by atoms with Gasteiger partial charge in [0.25, 0.3) is 0 Å². The van der Waals surface area contributed by atoms with E-state index in [4.69, 9.17) is 14.2 Å². The molecule has 1 saturated heterocycles. The van der Waals surface area contributed by atoms with Crippen LogP contribution in [0.15, 0.2) is 18.2 Å². The first-order valence-electron chi connectivity index (χ1n) is 9.97. The fourth-order valence-electron chi connectivity index (χ4n) is 4.21. The molecule has 0 spiro atoms. The lowest BCUT2D eigenvalue weighted by Gasteiger charge is -2.39. The number of phenols is 2. The normalized spacial score (nSPS) is 35.7. The largest absolute Gasteiger partial charge is 0.507 e. The molecule has 0 aromatic heterocycles. The minimum atomic E-state index is -1.65. The first-order valence-corrected chi connectivity index (χ1v) is 9.97. The molecule has 10 nitrogen and oxygen atoms in total. The van der Waals surface area contributed by atoms with Gasteiger partial charge in [0, 0.05) is 10.9 Å². The summed E-state index contributed by atoms with van der Waals surface area (Å²) < 4.78 is 16.5. The Morgan fingerprint density at radius 1 is 0.935 bits per heavy atom.